The standard InChI is InChI=1S/C20H22N2OS/c23-19(16-8-4-7-15(16)13-5-2-1-3-6-13)18-20(14-9-10-14)24-17-11-21-12-22(17)18/h1-3,5-6,11-12,14-16,19,23H,4,7-10H2. The van der Waals surface area contributed by atoms with Gasteiger partial charge in [-0.25, -0.2) is 4.98 Å². The minimum Gasteiger partial charge on any atom is -0.387 e. The number of imidazole rings is 1. The lowest BCUT2D eigenvalue weighted by molar-refractivity contribution is 0.0964. The zero-order chi connectivity index (χ0) is 16.1. The van der Waals surface area contributed by atoms with Gasteiger partial charge in [0.1, 0.15) is 11.2 Å². The Morgan fingerprint density at radius 2 is 1.96 bits per heavy atom. The van der Waals surface area contributed by atoms with E-state index in [-0.39, 0.29) is 0 Å². The molecule has 2 aliphatic rings. The summed E-state index contributed by atoms with van der Waals surface area (Å²) in [5, 5.41) is 11.4. The van der Waals surface area contributed by atoms with Crippen LogP contribution < -0.4 is 0 Å². The molecule has 1 N–H and O–H groups in total. The number of aliphatic hydroxyl groups excluding tert-OH is 1. The van der Waals surface area contributed by atoms with Crippen molar-refractivity contribution in [2.45, 2.75) is 50.0 Å². The third-order valence-electron chi connectivity index (χ3n) is 5.76. The molecule has 3 nitrogen and oxygen atoms in total. The van der Waals surface area contributed by atoms with Gasteiger partial charge in [0.05, 0.1) is 18.0 Å². The maximum Gasteiger partial charge on any atom is 0.120 e. The van der Waals surface area contributed by atoms with Gasteiger partial charge < -0.3 is 5.11 Å². The maximum atomic E-state index is 11.4. The Kier molecular flexibility index (Phi) is 3.49. The first-order valence-corrected chi connectivity index (χ1v) is 9.82. The normalized spacial score (nSPS) is 25.4. The van der Waals surface area contributed by atoms with Crippen LogP contribution in [0.2, 0.25) is 0 Å². The number of benzene rings is 1. The zero-order valence-electron chi connectivity index (χ0n) is 13.6. The molecule has 1 aromatic carbocycles. The smallest absolute Gasteiger partial charge is 0.120 e. The summed E-state index contributed by atoms with van der Waals surface area (Å²) < 4.78 is 2.14. The molecule has 0 saturated heterocycles. The number of rotatable bonds is 4. The summed E-state index contributed by atoms with van der Waals surface area (Å²) in [5.41, 5.74) is 2.51. The van der Waals surface area contributed by atoms with Crippen LogP contribution in [0.1, 0.15) is 66.2 Å². The van der Waals surface area contributed by atoms with Gasteiger partial charge in [-0.05, 0) is 49.0 Å². The molecule has 2 saturated carbocycles. The van der Waals surface area contributed by atoms with Crippen LogP contribution in [0.4, 0.5) is 0 Å². The van der Waals surface area contributed by atoms with Gasteiger partial charge in [-0.2, -0.15) is 0 Å². The number of fused-ring (bicyclic) bond motifs is 1. The van der Waals surface area contributed by atoms with E-state index in [0.717, 1.165) is 12.1 Å². The van der Waals surface area contributed by atoms with Crippen LogP contribution in [0.15, 0.2) is 42.9 Å². The predicted molar refractivity (Wildman–Crippen MR) is 96.5 cm³/mol. The summed E-state index contributed by atoms with van der Waals surface area (Å²) in [7, 11) is 0. The molecule has 5 rings (SSSR count). The molecule has 2 aromatic heterocycles. The fourth-order valence-corrected chi connectivity index (χ4v) is 5.74. The molecule has 3 atom stereocenters. The Morgan fingerprint density at radius 3 is 2.75 bits per heavy atom. The zero-order valence-corrected chi connectivity index (χ0v) is 14.5. The van der Waals surface area contributed by atoms with Crippen LogP contribution in [0.25, 0.3) is 4.83 Å². The van der Waals surface area contributed by atoms with E-state index in [1.54, 1.807) is 0 Å². The van der Waals surface area contributed by atoms with Crippen molar-refractivity contribution in [3.05, 3.63) is 59.0 Å². The van der Waals surface area contributed by atoms with Gasteiger partial charge in [-0.3, -0.25) is 4.40 Å². The lowest BCUT2D eigenvalue weighted by Crippen LogP contribution is -2.18. The van der Waals surface area contributed by atoms with E-state index < -0.39 is 6.10 Å². The number of aromatic nitrogens is 2. The van der Waals surface area contributed by atoms with Crippen molar-refractivity contribution in [3.8, 4) is 0 Å². The van der Waals surface area contributed by atoms with Gasteiger partial charge in [-0.15, -0.1) is 11.3 Å². The van der Waals surface area contributed by atoms with Crippen molar-refractivity contribution in [2.24, 2.45) is 5.92 Å². The summed E-state index contributed by atoms with van der Waals surface area (Å²) in [6, 6.07) is 10.7. The first kappa shape index (κ1) is 14.7. The molecule has 0 bridgehead atoms. The van der Waals surface area contributed by atoms with Crippen molar-refractivity contribution < 1.29 is 5.11 Å². The third-order valence-corrected chi connectivity index (χ3v) is 7.04. The van der Waals surface area contributed by atoms with Crippen molar-refractivity contribution in [2.75, 3.05) is 0 Å². The van der Waals surface area contributed by atoms with Gasteiger partial charge in [-0.1, -0.05) is 36.8 Å². The highest BCUT2D eigenvalue weighted by Gasteiger charge is 2.39. The average Bonchev–Trinajstić information content (AvgIpc) is 3.04. The van der Waals surface area contributed by atoms with E-state index in [1.165, 1.54) is 41.0 Å². The highest BCUT2D eigenvalue weighted by molar-refractivity contribution is 7.17. The number of hydrogen-bond acceptors (Lipinski definition) is 3. The van der Waals surface area contributed by atoms with Gasteiger partial charge in [0.25, 0.3) is 0 Å². The number of aliphatic hydroxyl groups is 1. The second kappa shape index (κ2) is 5.71. The molecule has 2 fully saturated rings. The van der Waals surface area contributed by atoms with Gasteiger partial charge in [0.15, 0.2) is 0 Å². The van der Waals surface area contributed by atoms with Crippen LogP contribution in [0.5, 0.6) is 0 Å². The second-order valence-corrected chi connectivity index (χ2v) is 8.35. The molecule has 0 amide bonds. The van der Waals surface area contributed by atoms with E-state index in [2.05, 4.69) is 39.7 Å². The highest BCUT2D eigenvalue weighted by atomic mass is 32.1. The van der Waals surface area contributed by atoms with Crippen LogP contribution in [-0.2, 0) is 0 Å². The monoisotopic (exact) mass is 338 g/mol. The Labute approximate surface area is 146 Å². The largest absolute Gasteiger partial charge is 0.387 e. The van der Waals surface area contributed by atoms with Crippen LogP contribution >= 0.6 is 11.3 Å². The summed E-state index contributed by atoms with van der Waals surface area (Å²) in [6.45, 7) is 0. The van der Waals surface area contributed by atoms with E-state index in [9.17, 15) is 5.11 Å². The van der Waals surface area contributed by atoms with E-state index >= 15 is 0 Å². The SMILES string of the molecule is OC(c1c(C2CC2)sc2cncn12)C1CCCC1c1ccccc1. The number of hydrogen-bond donors (Lipinski definition) is 1. The first-order chi connectivity index (χ1) is 11.8. The fourth-order valence-electron chi connectivity index (χ4n) is 4.43. The molecule has 0 radical (unpaired) electrons. The predicted octanol–water partition coefficient (Wildman–Crippen LogP) is 4.89. The molecule has 0 spiro atoms. The quantitative estimate of drug-likeness (QED) is 0.735. The molecule has 0 aliphatic heterocycles. The first-order valence-electron chi connectivity index (χ1n) is 9.00. The molecular formula is C20H22N2OS. The summed E-state index contributed by atoms with van der Waals surface area (Å²) >= 11 is 1.83. The topological polar surface area (TPSA) is 37.5 Å². The lowest BCUT2D eigenvalue weighted by Gasteiger charge is -2.26. The Bertz CT molecular complexity index is 849. The van der Waals surface area contributed by atoms with Crippen molar-refractivity contribution >= 4 is 16.2 Å². The van der Waals surface area contributed by atoms with E-state index in [0.29, 0.717) is 17.8 Å². The Hall–Kier alpha value is -1.65. The summed E-state index contributed by atoms with van der Waals surface area (Å²) in [6.07, 6.45) is 9.44. The lowest BCUT2D eigenvalue weighted by atomic mass is 9.83. The molecule has 2 aliphatic carbocycles. The van der Waals surface area contributed by atoms with E-state index in [4.69, 9.17) is 0 Å². The third kappa shape index (κ3) is 2.32. The molecule has 4 heteroatoms. The summed E-state index contributed by atoms with van der Waals surface area (Å²) in [4.78, 5) is 6.86. The van der Waals surface area contributed by atoms with Gasteiger partial charge in [0.2, 0.25) is 0 Å². The van der Waals surface area contributed by atoms with E-state index in [1.807, 2.05) is 23.9 Å². The van der Waals surface area contributed by atoms with Crippen LogP contribution in [0.3, 0.4) is 0 Å². The average molecular weight is 338 g/mol. The Morgan fingerprint density at radius 1 is 1.12 bits per heavy atom. The molecule has 124 valence electrons. The number of thiazole rings is 1. The van der Waals surface area contributed by atoms with Crippen LogP contribution in [0, 0.1) is 5.92 Å². The van der Waals surface area contributed by atoms with Crippen LogP contribution in [-0.4, -0.2) is 14.5 Å². The minimum absolute atomic E-state index is 0.310. The highest BCUT2D eigenvalue weighted by Crippen LogP contribution is 2.51. The minimum atomic E-state index is -0.392. The van der Waals surface area contributed by atoms with Gasteiger partial charge >= 0.3 is 0 Å². The van der Waals surface area contributed by atoms with Crippen molar-refractivity contribution in [3.63, 3.8) is 0 Å². The summed E-state index contributed by atoms with van der Waals surface area (Å²) in [5.74, 6) is 1.44. The van der Waals surface area contributed by atoms with Crippen molar-refractivity contribution in [1.29, 1.82) is 0 Å². The second-order valence-electron chi connectivity index (χ2n) is 7.28. The molecule has 2 heterocycles. The maximum absolute atomic E-state index is 11.4. The molecule has 3 aromatic rings. The van der Waals surface area contributed by atoms with Gasteiger partial charge in [0, 0.05) is 4.88 Å². The Balaban J connectivity index is 1.54. The molecular weight excluding hydrogens is 316 g/mol. The van der Waals surface area contributed by atoms with Crippen molar-refractivity contribution in [1.82, 2.24) is 9.38 Å². The molecule has 24 heavy (non-hydrogen) atoms. The fraction of sp³-hybridized carbons (Fsp3) is 0.450. The number of nitrogens with zero attached hydrogens (tertiary/aromatic N) is 2. The molecule has 3 unspecified atom stereocenters.